The zero-order valence-corrected chi connectivity index (χ0v) is 10.7. The molecule has 0 aliphatic rings. The van der Waals surface area contributed by atoms with Gasteiger partial charge in [-0.3, -0.25) is 4.79 Å². The molecule has 4 nitrogen and oxygen atoms in total. The SMILES string of the molecule is O=C(CCCCO)Nc1ccc(OCC(F)(F)F)cc1. The Morgan fingerprint density at radius 2 is 1.85 bits per heavy atom. The molecule has 0 atom stereocenters. The van der Waals surface area contributed by atoms with Gasteiger partial charge in [0, 0.05) is 18.7 Å². The van der Waals surface area contributed by atoms with Gasteiger partial charge in [-0.25, -0.2) is 0 Å². The van der Waals surface area contributed by atoms with Crippen molar-refractivity contribution in [2.24, 2.45) is 0 Å². The third-order valence-electron chi connectivity index (χ3n) is 2.35. The van der Waals surface area contributed by atoms with Crippen LogP contribution in [0.3, 0.4) is 0 Å². The van der Waals surface area contributed by atoms with Crippen molar-refractivity contribution < 1.29 is 27.8 Å². The third kappa shape index (κ3) is 6.98. The van der Waals surface area contributed by atoms with Crippen LogP contribution in [0.2, 0.25) is 0 Å². The largest absolute Gasteiger partial charge is 0.484 e. The maximum Gasteiger partial charge on any atom is 0.422 e. The molecule has 1 aromatic rings. The lowest BCUT2D eigenvalue weighted by Crippen LogP contribution is -2.19. The number of carbonyl (C=O) groups excluding carboxylic acids is 1. The Morgan fingerprint density at radius 1 is 1.20 bits per heavy atom. The Balaban J connectivity index is 2.40. The molecule has 0 radical (unpaired) electrons. The molecule has 0 saturated carbocycles. The van der Waals surface area contributed by atoms with Crippen LogP contribution < -0.4 is 10.1 Å². The van der Waals surface area contributed by atoms with Crippen LogP contribution >= 0.6 is 0 Å². The smallest absolute Gasteiger partial charge is 0.422 e. The number of aliphatic hydroxyl groups is 1. The highest BCUT2D eigenvalue weighted by Crippen LogP contribution is 2.20. The molecule has 2 N–H and O–H groups in total. The van der Waals surface area contributed by atoms with E-state index in [0.717, 1.165) is 0 Å². The maximum absolute atomic E-state index is 11.9. The summed E-state index contributed by atoms with van der Waals surface area (Å²) in [6.45, 7) is -1.31. The average molecular weight is 291 g/mol. The molecule has 7 heteroatoms. The van der Waals surface area contributed by atoms with Gasteiger partial charge in [0.15, 0.2) is 6.61 Å². The minimum Gasteiger partial charge on any atom is -0.484 e. The average Bonchev–Trinajstić information content (AvgIpc) is 2.37. The molecule has 1 amide bonds. The highest BCUT2D eigenvalue weighted by molar-refractivity contribution is 5.90. The summed E-state index contributed by atoms with van der Waals surface area (Å²) >= 11 is 0. The van der Waals surface area contributed by atoms with Crippen LogP contribution in [0.1, 0.15) is 19.3 Å². The van der Waals surface area contributed by atoms with Gasteiger partial charge in [-0.15, -0.1) is 0 Å². The fourth-order valence-corrected chi connectivity index (χ4v) is 1.42. The van der Waals surface area contributed by atoms with Gasteiger partial charge in [0.1, 0.15) is 5.75 Å². The van der Waals surface area contributed by atoms with Gasteiger partial charge in [0.05, 0.1) is 0 Å². The zero-order chi connectivity index (χ0) is 15.0. The molecule has 0 unspecified atom stereocenters. The quantitative estimate of drug-likeness (QED) is 0.759. The van der Waals surface area contributed by atoms with Crippen molar-refractivity contribution in [1.29, 1.82) is 0 Å². The Morgan fingerprint density at radius 3 is 2.40 bits per heavy atom. The minimum atomic E-state index is -4.38. The van der Waals surface area contributed by atoms with Crippen molar-refractivity contribution in [1.82, 2.24) is 0 Å². The van der Waals surface area contributed by atoms with Gasteiger partial charge in [0.25, 0.3) is 0 Å². The standard InChI is InChI=1S/C13H16F3NO3/c14-13(15,16)9-20-11-6-4-10(5-7-11)17-12(19)3-1-2-8-18/h4-7,18H,1-3,8-9H2,(H,17,19). The first-order valence-electron chi connectivity index (χ1n) is 6.11. The van der Waals surface area contributed by atoms with E-state index in [0.29, 0.717) is 18.5 Å². The molecule has 1 aromatic carbocycles. The van der Waals surface area contributed by atoms with E-state index >= 15 is 0 Å². The first-order valence-corrected chi connectivity index (χ1v) is 6.11. The van der Waals surface area contributed by atoms with E-state index in [1.807, 2.05) is 0 Å². The van der Waals surface area contributed by atoms with Gasteiger partial charge in [-0.05, 0) is 37.1 Å². The van der Waals surface area contributed by atoms with Crippen LogP contribution in [-0.2, 0) is 4.79 Å². The molecule has 0 heterocycles. The second-order valence-corrected chi connectivity index (χ2v) is 4.16. The number of amides is 1. The number of hydrogen-bond donors (Lipinski definition) is 2. The van der Waals surface area contributed by atoms with Gasteiger partial charge in [-0.2, -0.15) is 13.2 Å². The van der Waals surface area contributed by atoms with Crippen molar-refractivity contribution in [3.05, 3.63) is 24.3 Å². The predicted molar refractivity (Wildman–Crippen MR) is 67.6 cm³/mol. The molecule has 0 bridgehead atoms. The van der Waals surface area contributed by atoms with Crippen molar-refractivity contribution in [2.45, 2.75) is 25.4 Å². The summed E-state index contributed by atoms with van der Waals surface area (Å²) in [5, 5.41) is 11.2. The van der Waals surface area contributed by atoms with Gasteiger partial charge >= 0.3 is 6.18 Å². The van der Waals surface area contributed by atoms with Gasteiger partial charge in [-0.1, -0.05) is 0 Å². The number of benzene rings is 1. The van der Waals surface area contributed by atoms with Crippen LogP contribution in [0.15, 0.2) is 24.3 Å². The first-order chi connectivity index (χ1) is 9.40. The number of nitrogens with one attached hydrogen (secondary N) is 1. The van der Waals surface area contributed by atoms with Crippen LogP contribution in [0.25, 0.3) is 0 Å². The number of ether oxygens (including phenoxy) is 1. The summed E-state index contributed by atoms with van der Waals surface area (Å²) in [6.07, 6.45) is -2.96. The Kier molecular flexibility index (Phi) is 6.30. The molecule has 0 spiro atoms. The minimum absolute atomic E-state index is 0.0402. The highest BCUT2D eigenvalue weighted by Gasteiger charge is 2.28. The second-order valence-electron chi connectivity index (χ2n) is 4.16. The highest BCUT2D eigenvalue weighted by atomic mass is 19.4. The lowest BCUT2D eigenvalue weighted by Gasteiger charge is -2.10. The molecule has 0 aliphatic heterocycles. The van der Waals surface area contributed by atoms with Gasteiger partial charge < -0.3 is 15.2 Å². The fraction of sp³-hybridized carbons (Fsp3) is 0.462. The Bertz CT molecular complexity index is 418. The van der Waals surface area contributed by atoms with Crippen LogP contribution in [0.5, 0.6) is 5.75 Å². The molecular formula is C13H16F3NO3. The molecular weight excluding hydrogens is 275 g/mol. The monoisotopic (exact) mass is 291 g/mol. The molecule has 20 heavy (non-hydrogen) atoms. The number of unbranched alkanes of at least 4 members (excludes halogenated alkanes) is 1. The van der Waals surface area contributed by atoms with E-state index in [1.165, 1.54) is 24.3 Å². The second kappa shape index (κ2) is 7.74. The lowest BCUT2D eigenvalue weighted by molar-refractivity contribution is -0.153. The topological polar surface area (TPSA) is 58.6 Å². The number of rotatable bonds is 7. The third-order valence-corrected chi connectivity index (χ3v) is 2.35. The molecule has 0 aliphatic carbocycles. The van der Waals surface area contributed by atoms with E-state index in [4.69, 9.17) is 5.11 Å². The normalized spacial score (nSPS) is 11.2. The van der Waals surface area contributed by atoms with Crippen molar-refractivity contribution in [2.75, 3.05) is 18.5 Å². The van der Waals surface area contributed by atoms with Crippen LogP contribution in [0, 0.1) is 0 Å². The molecule has 0 aromatic heterocycles. The van der Waals surface area contributed by atoms with Crippen molar-refractivity contribution in [3.8, 4) is 5.75 Å². The first kappa shape index (κ1) is 16.3. The van der Waals surface area contributed by atoms with Crippen LogP contribution in [-0.4, -0.2) is 30.4 Å². The van der Waals surface area contributed by atoms with E-state index < -0.39 is 12.8 Å². The summed E-state index contributed by atoms with van der Waals surface area (Å²) in [6, 6.07) is 5.65. The van der Waals surface area contributed by atoms with Crippen LogP contribution in [0.4, 0.5) is 18.9 Å². The Labute approximate surface area is 114 Å². The number of halogens is 3. The molecule has 0 fully saturated rings. The number of anilines is 1. The molecule has 1 rings (SSSR count). The Hall–Kier alpha value is -1.76. The number of hydrogen-bond acceptors (Lipinski definition) is 3. The summed E-state index contributed by atoms with van der Waals surface area (Å²) in [7, 11) is 0. The summed E-state index contributed by atoms with van der Waals surface area (Å²) in [4.78, 5) is 11.5. The fourth-order valence-electron chi connectivity index (χ4n) is 1.42. The maximum atomic E-state index is 11.9. The zero-order valence-electron chi connectivity index (χ0n) is 10.7. The summed E-state index contributed by atoms with van der Waals surface area (Å²) in [5.74, 6) is -0.122. The van der Waals surface area contributed by atoms with E-state index in [9.17, 15) is 18.0 Å². The van der Waals surface area contributed by atoms with E-state index in [2.05, 4.69) is 10.1 Å². The van der Waals surface area contributed by atoms with Crippen molar-refractivity contribution in [3.63, 3.8) is 0 Å². The predicted octanol–water partition coefficient (Wildman–Crippen LogP) is 2.73. The summed E-state index contributed by atoms with van der Waals surface area (Å²) < 4.78 is 40.4. The molecule has 0 saturated heterocycles. The number of alkyl halides is 3. The number of aliphatic hydroxyl groups excluding tert-OH is 1. The van der Waals surface area contributed by atoms with E-state index in [-0.39, 0.29) is 24.7 Å². The number of carbonyl (C=O) groups is 1. The van der Waals surface area contributed by atoms with Crippen molar-refractivity contribution >= 4 is 11.6 Å². The van der Waals surface area contributed by atoms with E-state index in [1.54, 1.807) is 0 Å². The van der Waals surface area contributed by atoms with Gasteiger partial charge in [0.2, 0.25) is 5.91 Å². The summed E-state index contributed by atoms with van der Waals surface area (Å²) in [5.41, 5.74) is 0.485. The molecule has 112 valence electrons. The lowest BCUT2D eigenvalue weighted by atomic mass is 10.2.